The van der Waals surface area contributed by atoms with Gasteiger partial charge in [0.05, 0.1) is 6.04 Å². The van der Waals surface area contributed by atoms with Crippen LogP contribution in [-0.4, -0.2) is 54.1 Å². The predicted octanol–water partition coefficient (Wildman–Crippen LogP) is 0.949. The number of nitrogens with two attached hydrogens (primary N) is 1. The van der Waals surface area contributed by atoms with E-state index in [-0.39, 0.29) is 18.7 Å². The number of amides is 1. The number of nitrogens with zero attached hydrogens (tertiary/aromatic N) is 1. The van der Waals surface area contributed by atoms with Crippen LogP contribution < -0.4 is 11.1 Å². The first-order chi connectivity index (χ1) is 10.0. The molecule has 0 heterocycles. The van der Waals surface area contributed by atoms with Crippen LogP contribution in [-0.2, 0) is 9.59 Å². The summed E-state index contributed by atoms with van der Waals surface area (Å²) in [5.41, 5.74) is 5.64. The van der Waals surface area contributed by atoms with Crippen molar-refractivity contribution in [2.75, 3.05) is 20.1 Å². The van der Waals surface area contributed by atoms with Crippen molar-refractivity contribution < 1.29 is 14.7 Å². The van der Waals surface area contributed by atoms with Gasteiger partial charge in [0.1, 0.15) is 0 Å². The van der Waals surface area contributed by atoms with E-state index in [0.29, 0.717) is 12.6 Å². The molecule has 21 heavy (non-hydrogen) atoms. The summed E-state index contributed by atoms with van der Waals surface area (Å²) in [6, 6.07) is -0.0375. The lowest BCUT2D eigenvalue weighted by Gasteiger charge is -2.31. The molecule has 122 valence electrons. The molecular weight excluding hydrogens is 270 g/mol. The predicted molar refractivity (Wildman–Crippen MR) is 82.0 cm³/mol. The molecule has 1 rings (SSSR count). The second-order valence-electron chi connectivity index (χ2n) is 5.96. The van der Waals surface area contributed by atoms with Crippen LogP contribution in [0.25, 0.3) is 0 Å². The van der Waals surface area contributed by atoms with Gasteiger partial charge in [0, 0.05) is 19.0 Å². The molecule has 1 aliphatic carbocycles. The molecule has 0 radical (unpaired) electrons. The van der Waals surface area contributed by atoms with Crippen LogP contribution in [0.5, 0.6) is 0 Å². The topological polar surface area (TPSA) is 95.7 Å². The molecule has 0 aromatic carbocycles. The maximum atomic E-state index is 11.7. The van der Waals surface area contributed by atoms with Crippen LogP contribution in [0.1, 0.15) is 51.4 Å². The largest absolute Gasteiger partial charge is 0.481 e. The molecule has 1 saturated carbocycles. The number of rotatable bonds is 9. The zero-order valence-corrected chi connectivity index (χ0v) is 13.0. The highest BCUT2D eigenvalue weighted by Gasteiger charge is 2.18. The van der Waals surface area contributed by atoms with Crippen LogP contribution in [0, 0.1) is 0 Å². The van der Waals surface area contributed by atoms with Crippen LogP contribution >= 0.6 is 0 Å². The number of carbonyl (C=O) groups is 2. The minimum Gasteiger partial charge on any atom is -0.481 e. The first kappa shape index (κ1) is 17.9. The van der Waals surface area contributed by atoms with Crippen molar-refractivity contribution in [1.82, 2.24) is 10.2 Å². The monoisotopic (exact) mass is 299 g/mol. The zero-order valence-electron chi connectivity index (χ0n) is 13.0. The Hall–Kier alpha value is -1.14. The Morgan fingerprint density at radius 3 is 2.62 bits per heavy atom. The molecule has 0 bridgehead atoms. The van der Waals surface area contributed by atoms with Gasteiger partial charge in [0.25, 0.3) is 0 Å². The number of aliphatic carboxylic acids is 1. The number of nitrogens with one attached hydrogen (secondary N) is 1. The van der Waals surface area contributed by atoms with Gasteiger partial charge in [-0.1, -0.05) is 19.3 Å². The summed E-state index contributed by atoms with van der Waals surface area (Å²) in [5, 5.41) is 11.3. The Labute approximate surface area is 127 Å². The molecule has 1 unspecified atom stereocenters. The smallest absolute Gasteiger partial charge is 0.303 e. The molecule has 6 heteroatoms. The van der Waals surface area contributed by atoms with Gasteiger partial charge >= 0.3 is 5.97 Å². The van der Waals surface area contributed by atoms with Crippen molar-refractivity contribution in [1.29, 1.82) is 0 Å². The van der Waals surface area contributed by atoms with Gasteiger partial charge in [-0.25, -0.2) is 0 Å². The fourth-order valence-electron chi connectivity index (χ4n) is 2.79. The second-order valence-corrected chi connectivity index (χ2v) is 5.96. The van der Waals surface area contributed by atoms with Gasteiger partial charge < -0.3 is 21.1 Å². The van der Waals surface area contributed by atoms with Crippen molar-refractivity contribution in [2.45, 2.75) is 63.5 Å². The summed E-state index contributed by atoms with van der Waals surface area (Å²) in [5.74, 6) is -1.18. The normalized spacial score (nSPS) is 17.7. The van der Waals surface area contributed by atoms with Gasteiger partial charge in [-0.05, 0) is 39.3 Å². The van der Waals surface area contributed by atoms with E-state index in [1.165, 1.54) is 32.1 Å². The third kappa shape index (κ3) is 7.43. The third-order valence-corrected chi connectivity index (χ3v) is 4.19. The van der Waals surface area contributed by atoms with E-state index in [0.717, 1.165) is 13.0 Å². The average Bonchev–Trinajstić information content (AvgIpc) is 2.49. The van der Waals surface area contributed by atoms with Gasteiger partial charge in [-0.2, -0.15) is 0 Å². The summed E-state index contributed by atoms with van der Waals surface area (Å²) in [6.07, 6.45) is 7.57. The number of hydrogen-bond donors (Lipinski definition) is 3. The number of carboxylic acid groups (broad SMARTS) is 1. The molecule has 1 amide bonds. The Balaban J connectivity index is 2.09. The van der Waals surface area contributed by atoms with E-state index in [1.807, 2.05) is 0 Å². The molecule has 0 saturated heterocycles. The SMILES string of the molecule is CN(CCCNC(=O)C(N)CCC(=O)O)C1CCCCC1. The lowest BCUT2D eigenvalue weighted by atomic mass is 9.94. The van der Waals surface area contributed by atoms with Crippen molar-refractivity contribution >= 4 is 11.9 Å². The van der Waals surface area contributed by atoms with Gasteiger partial charge in [-0.15, -0.1) is 0 Å². The van der Waals surface area contributed by atoms with Crippen LogP contribution in [0.3, 0.4) is 0 Å². The Bertz CT molecular complexity index is 330. The molecular formula is C15H29N3O3. The lowest BCUT2D eigenvalue weighted by molar-refractivity contribution is -0.137. The van der Waals surface area contributed by atoms with Crippen LogP contribution in [0.2, 0.25) is 0 Å². The highest BCUT2D eigenvalue weighted by Crippen LogP contribution is 2.21. The number of carboxylic acids is 1. The highest BCUT2D eigenvalue weighted by atomic mass is 16.4. The van der Waals surface area contributed by atoms with E-state index in [1.54, 1.807) is 0 Å². The highest BCUT2D eigenvalue weighted by molar-refractivity contribution is 5.82. The Kier molecular flexibility index (Phi) is 8.30. The molecule has 6 nitrogen and oxygen atoms in total. The van der Waals surface area contributed by atoms with Crippen molar-refractivity contribution in [3.63, 3.8) is 0 Å². The standard InChI is InChI=1S/C15H29N3O3/c1-18(12-6-3-2-4-7-12)11-5-10-17-15(21)13(16)8-9-14(19)20/h12-13H,2-11,16H2,1H3,(H,17,21)(H,19,20). The second kappa shape index (κ2) is 9.73. The van der Waals surface area contributed by atoms with E-state index in [2.05, 4.69) is 17.3 Å². The third-order valence-electron chi connectivity index (χ3n) is 4.19. The van der Waals surface area contributed by atoms with Gasteiger partial charge in [-0.3, -0.25) is 9.59 Å². The van der Waals surface area contributed by atoms with Crippen molar-refractivity contribution in [3.05, 3.63) is 0 Å². The van der Waals surface area contributed by atoms with E-state index in [9.17, 15) is 9.59 Å². The molecule has 0 aliphatic heterocycles. The van der Waals surface area contributed by atoms with Gasteiger partial charge in [0.15, 0.2) is 0 Å². The molecule has 0 spiro atoms. The van der Waals surface area contributed by atoms with Gasteiger partial charge in [0.2, 0.25) is 5.91 Å². The minimum atomic E-state index is -0.924. The fourth-order valence-corrected chi connectivity index (χ4v) is 2.79. The van der Waals surface area contributed by atoms with Crippen molar-refractivity contribution in [3.8, 4) is 0 Å². The zero-order chi connectivity index (χ0) is 15.7. The summed E-state index contributed by atoms with van der Waals surface area (Å²) in [7, 11) is 2.15. The Morgan fingerprint density at radius 1 is 1.33 bits per heavy atom. The first-order valence-electron chi connectivity index (χ1n) is 7.96. The minimum absolute atomic E-state index is 0.0704. The summed E-state index contributed by atoms with van der Waals surface area (Å²) < 4.78 is 0. The summed E-state index contributed by atoms with van der Waals surface area (Å²) >= 11 is 0. The quantitative estimate of drug-likeness (QED) is 0.551. The maximum Gasteiger partial charge on any atom is 0.303 e. The maximum absolute atomic E-state index is 11.7. The van der Waals surface area contributed by atoms with E-state index in [4.69, 9.17) is 10.8 Å². The number of hydrogen-bond acceptors (Lipinski definition) is 4. The fraction of sp³-hybridized carbons (Fsp3) is 0.867. The average molecular weight is 299 g/mol. The summed E-state index contributed by atoms with van der Waals surface area (Å²) in [6.45, 7) is 1.56. The molecule has 0 aromatic rings. The molecule has 4 N–H and O–H groups in total. The Morgan fingerprint density at radius 2 is 2.00 bits per heavy atom. The number of carbonyl (C=O) groups excluding carboxylic acids is 1. The first-order valence-corrected chi connectivity index (χ1v) is 7.96. The molecule has 1 aliphatic rings. The van der Waals surface area contributed by atoms with E-state index >= 15 is 0 Å². The molecule has 0 aromatic heterocycles. The molecule has 1 atom stereocenters. The summed E-state index contributed by atoms with van der Waals surface area (Å²) in [4.78, 5) is 24.5. The van der Waals surface area contributed by atoms with Crippen molar-refractivity contribution in [2.24, 2.45) is 5.73 Å². The lowest BCUT2D eigenvalue weighted by Crippen LogP contribution is -2.42. The van der Waals surface area contributed by atoms with E-state index < -0.39 is 12.0 Å². The molecule has 1 fully saturated rings. The van der Waals surface area contributed by atoms with Crippen LogP contribution in [0.4, 0.5) is 0 Å². The van der Waals surface area contributed by atoms with Crippen LogP contribution in [0.15, 0.2) is 0 Å².